The lowest BCUT2D eigenvalue weighted by Gasteiger charge is -2.06. The van der Waals surface area contributed by atoms with E-state index in [1.165, 1.54) is 23.1 Å². The Labute approximate surface area is 176 Å². The number of thiazole rings is 1. The summed E-state index contributed by atoms with van der Waals surface area (Å²) in [6.07, 6.45) is 1.72. The largest absolute Gasteiger partial charge is 0.301 e. The number of anilines is 1. The second-order valence-corrected chi connectivity index (χ2v) is 7.81. The molecule has 1 aromatic carbocycles. The lowest BCUT2D eigenvalue weighted by atomic mass is 10.2. The third-order valence-electron chi connectivity index (χ3n) is 4.08. The first-order valence-corrected chi connectivity index (χ1v) is 10.9. The van der Waals surface area contributed by atoms with Gasteiger partial charge in [-0.25, -0.2) is 4.98 Å². The number of benzene rings is 1. The van der Waals surface area contributed by atoms with E-state index < -0.39 is 0 Å². The van der Waals surface area contributed by atoms with E-state index in [0.717, 1.165) is 17.0 Å². The number of hydrogen-bond donors (Lipinski definition) is 1. The zero-order valence-corrected chi connectivity index (χ0v) is 17.3. The maximum atomic E-state index is 12.4. The fourth-order valence-electron chi connectivity index (χ4n) is 2.72. The molecule has 0 fully saturated rings. The zero-order valence-electron chi connectivity index (χ0n) is 15.6. The Kier molecular flexibility index (Phi) is 5.97. The smallest absolute Gasteiger partial charge is 0.236 e. The van der Waals surface area contributed by atoms with Crippen molar-refractivity contribution in [3.8, 4) is 22.8 Å². The van der Waals surface area contributed by atoms with Gasteiger partial charge in [0, 0.05) is 23.7 Å². The third kappa shape index (κ3) is 4.52. The lowest BCUT2D eigenvalue weighted by Crippen LogP contribution is -2.14. The number of hydrogen-bond acceptors (Lipinski definition) is 7. The number of amides is 1. The molecule has 1 N–H and O–H groups in total. The molecular formula is C20H18N6OS2. The zero-order chi connectivity index (χ0) is 20.1. The van der Waals surface area contributed by atoms with Gasteiger partial charge in [0.25, 0.3) is 0 Å². The number of aromatic nitrogens is 5. The maximum Gasteiger partial charge on any atom is 0.236 e. The van der Waals surface area contributed by atoms with Crippen molar-refractivity contribution in [1.29, 1.82) is 0 Å². The SMILES string of the molecule is CCn1c(SCC(=O)Nc2nc(-c3ccccc3)cs2)nnc1-c1ccccn1. The molecule has 0 saturated heterocycles. The standard InChI is InChI=1S/C20H18N6OS2/c1-2-26-18(15-10-6-7-11-21-15)24-25-20(26)29-13-17(27)23-19-22-16(12-28-19)14-8-4-3-5-9-14/h3-12H,2,13H2,1H3,(H,22,23,27). The van der Waals surface area contributed by atoms with Crippen LogP contribution in [0.25, 0.3) is 22.8 Å². The monoisotopic (exact) mass is 422 g/mol. The molecule has 0 saturated carbocycles. The van der Waals surface area contributed by atoms with Crippen molar-refractivity contribution in [3.63, 3.8) is 0 Å². The van der Waals surface area contributed by atoms with Crippen LogP contribution < -0.4 is 5.32 Å². The number of carbonyl (C=O) groups is 1. The van der Waals surface area contributed by atoms with Crippen molar-refractivity contribution in [2.24, 2.45) is 0 Å². The van der Waals surface area contributed by atoms with E-state index in [9.17, 15) is 4.79 Å². The summed E-state index contributed by atoms with van der Waals surface area (Å²) in [5.41, 5.74) is 2.63. The summed E-state index contributed by atoms with van der Waals surface area (Å²) >= 11 is 2.75. The molecule has 0 atom stereocenters. The second-order valence-electron chi connectivity index (χ2n) is 6.01. The first kappa shape index (κ1) is 19.3. The normalized spacial score (nSPS) is 10.8. The van der Waals surface area contributed by atoms with E-state index in [4.69, 9.17) is 0 Å². The van der Waals surface area contributed by atoms with E-state index in [-0.39, 0.29) is 11.7 Å². The quantitative estimate of drug-likeness (QED) is 0.449. The fourth-order valence-corrected chi connectivity index (χ4v) is 4.26. The summed E-state index contributed by atoms with van der Waals surface area (Å²) in [4.78, 5) is 21.2. The molecule has 7 nitrogen and oxygen atoms in total. The molecule has 3 heterocycles. The second kappa shape index (κ2) is 8.97. The van der Waals surface area contributed by atoms with Crippen molar-refractivity contribution in [1.82, 2.24) is 24.7 Å². The van der Waals surface area contributed by atoms with Crippen molar-refractivity contribution in [3.05, 3.63) is 60.1 Å². The molecular weight excluding hydrogens is 404 g/mol. The molecule has 0 unspecified atom stereocenters. The van der Waals surface area contributed by atoms with Crippen molar-refractivity contribution in [2.45, 2.75) is 18.6 Å². The van der Waals surface area contributed by atoms with Crippen LogP contribution in [-0.4, -0.2) is 36.4 Å². The Balaban J connectivity index is 1.39. The van der Waals surface area contributed by atoms with Crippen LogP contribution in [0.15, 0.2) is 65.3 Å². The summed E-state index contributed by atoms with van der Waals surface area (Å²) in [6, 6.07) is 15.5. The van der Waals surface area contributed by atoms with Gasteiger partial charge in [0.2, 0.25) is 5.91 Å². The van der Waals surface area contributed by atoms with Gasteiger partial charge < -0.3 is 9.88 Å². The number of pyridine rings is 1. The van der Waals surface area contributed by atoms with Gasteiger partial charge in [0.15, 0.2) is 16.1 Å². The predicted molar refractivity (Wildman–Crippen MR) is 116 cm³/mol. The number of carbonyl (C=O) groups excluding carboxylic acids is 1. The van der Waals surface area contributed by atoms with Gasteiger partial charge in [-0.05, 0) is 19.1 Å². The van der Waals surface area contributed by atoms with Gasteiger partial charge in [0.1, 0.15) is 5.69 Å². The van der Waals surface area contributed by atoms with E-state index >= 15 is 0 Å². The average molecular weight is 423 g/mol. The van der Waals surface area contributed by atoms with Crippen LogP contribution in [-0.2, 0) is 11.3 Å². The minimum Gasteiger partial charge on any atom is -0.301 e. The Hall–Kier alpha value is -3.04. The minimum atomic E-state index is -0.131. The van der Waals surface area contributed by atoms with Crippen LogP contribution in [0.1, 0.15) is 6.92 Å². The Bertz CT molecular complexity index is 1090. The molecule has 0 radical (unpaired) electrons. The van der Waals surface area contributed by atoms with Crippen LogP contribution in [0, 0.1) is 0 Å². The molecule has 146 valence electrons. The molecule has 4 rings (SSSR count). The molecule has 3 aromatic heterocycles. The minimum absolute atomic E-state index is 0.131. The van der Waals surface area contributed by atoms with Crippen LogP contribution in [0.5, 0.6) is 0 Å². The highest BCUT2D eigenvalue weighted by atomic mass is 32.2. The van der Waals surface area contributed by atoms with Gasteiger partial charge in [-0.3, -0.25) is 9.78 Å². The van der Waals surface area contributed by atoms with Crippen molar-refractivity contribution >= 4 is 34.1 Å². The first-order valence-electron chi connectivity index (χ1n) is 9.03. The van der Waals surface area contributed by atoms with Crippen LogP contribution in [0.4, 0.5) is 5.13 Å². The van der Waals surface area contributed by atoms with Crippen molar-refractivity contribution < 1.29 is 4.79 Å². The molecule has 4 aromatic rings. The Morgan fingerprint density at radius 3 is 2.69 bits per heavy atom. The summed E-state index contributed by atoms with van der Waals surface area (Å²) in [5, 5.41) is 14.5. The fraction of sp³-hybridized carbons (Fsp3) is 0.150. The average Bonchev–Trinajstić information content (AvgIpc) is 3.40. The van der Waals surface area contributed by atoms with Crippen LogP contribution >= 0.6 is 23.1 Å². The summed E-state index contributed by atoms with van der Waals surface area (Å²) < 4.78 is 1.96. The number of nitrogens with zero attached hydrogens (tertiary/aromatic N) is 5. The third-order valence-corrected chi connectivity index (χ3v) is 5.80. The van der Waals surface area contributed by atoms with Gasteiger partial charge in [-0.2, -0.15) is 0 Å². The molecule has 9 heteroatoms. The van der Waals surface area contributed by atoms with E-state index in [2.05, 4.69) is 25.5 Å². The van der Waals surface area contributed by atoms with E-state index in [1.807, 2.05) is 65.4 Å². The number of rotatable bonds is 7. The Morgan fingerprint density at radius 1 is 1.10 bits per heavy atom. The highest BCUT2D eigenvalue weighted by Gasteiger charge is 2.16. The molecule has 0 spiro atoms. The topological polar surface area (TPSA) is 85.6 Å². The molecule has 0 aliphatic carbocycles. The highest BCUT2D eigenvalue weighted by molar-refractivity contribution is 7.99. The van der Waals surface area contributed by atoms with Gasteiger partial charge >= 0.3 is 0 Å². The van der Waals surface area contributed by atoms with Crippen LogP contribution in [0.2, 0.25) is 0 Å². The summed E-state index contributed by atoms with van der Waals surface area (Å²) in [6.45, 7) is 2.70. The molecule has 0 aliphatic rings. The van der Waals surface area contributed by atoms with Gasteiger partial charge in [0.05, 0.1) is 11.4 Å². The maximum absolute atomic E-state index is 12.4. The molecule has 0 bridgehead atoms. The summed E-state index contributed by atoms with van der Waals surface area (Å²) in [5.74, 6) is 0.790. The lowest BCUT2D eigenvalue weighted by molar-refractivity contribution is -0.113. The molecule has 1 amide bonds. The number of nitrogens with one attached hydrogen (secondary N) is 1. The van der Waals surface area contributed by atoms with Gasteiger partial charge in [-0.1, -0.05) is 48.2 Å². The van der Waals surface area contributed by atoms with Gasteiger partial charge in [-0.15, -0.1) is 21.5 Å². The van der Waals surface area contributed by atoms with Crippen molar-refractivity contribution in [2.75, 3.05) is 11.1 Å². The molecule has 29 heavy (non-hydrogen) atoms. The van der Waals surface area contributed by atoms with E-state index in [0.29, 0.717) is 22.7 Å². The highest BCUT2D eigenvalue weighted by Crippen LogP contribution is 2.26. The summed E-state index contributed by atoms with van der Waals surface area (Å²) in [7, 11) is 0. The Morgan fingerprint density at radius 2 is 1.93 bits per heavy atom. The first-order chi connectivity index (χ1) is 14.2. The predicted octanol–water partition coefficient (Wildman–Crippen LogP) is 4.21. The van der Waals surface area contributed by atoms with E-state index in [1.54, 1.807) is 6.20 Å². The van der Waals surface area contributed by atoms with Crippen LogP contribution in [0.3, 0.4) is 0 Å². The number of thioether (sulfide) groups is 1. The molecule has 0 aliphatic heterocycles.